The molecular formula is C10H13N7. The van der Waals surface area contributed by atoms with Crippen molar-refractivity contribution >= 4 is 11.9 Å². The fraction of sp³-hybridized carbons (Fsp3) is 0.400. The number of anilines is 2. The lowest BCUT2D eigenvalue weighted by Gasteiger charge is -2.10. The van der Waals surface area contributed by atoms with Crippen LogP contribution in [0.5, 0.6) is 0 Å². The molecule has 17 heavy (non-hydrogen) atoms. The molecule has 88 valence electrons. The Morgan fingerprint density at radius 1 is 1.06 bits per heavy atom. The molecule has 1 fully saturated rings. The van der Waals surface area contributed by atoms with E-state index in [1.807, 2.05) is 0 Å². The Labute approximate surface area is 98.3 Å². The van der Waals surface area contributed by atoms with Crippen molar-refractivity contribution in [3.05, 3.63) is 18.5 Å². The second kappa shape index (κ2) is 4.00. The summed E-state index contributed by atoms with van der Waals surface area (Å²) in [5.74, 6) is 1.42. The maximum atomic E-state index is 5.82. The van der Waals surface area contributed by atoms with Crippen LogP contribution in [0.15, 0.2) is 18.5 Å². The highest BCUT2D eigenvalue weighted by Crippen LogP contribution is 2.18. The average Bonchev–Trinajstić information content (AvgIpc) is 2.99. The Morgan fingerprint density at radius 2 is 1.76 bits per heavy atom. The third-order valence-electron chi connectivity index (χ3n) is 2.75. The predicted octanol–water partition coefficient (Wildman–Crippen LogP) is 0.240. The first kappa shape index (κ1) is 10.0. The van der Waals surface area contributed by atoms with Crippen molar-refractivity contribution in [1.29, 1.82) is 0 Å². The number of nitrogen functional groups attached to an aromatic ring is 1. The van der Waals surface area contributed by atoms with Crippen molar-refractivity contribution in [1.82, 2.24) is 24.7 Å². The van der Waals surface area contributed by atoms with Gasteiger partial charge in [-0.2, -0.15) is 9.67 Å². The molecule has 0 bridgehead atoms. The van der Waals surface area contributed by atoms with Crippen molar-refractivity contribution in [3.63, 3.8) is 0 Å². The molecule has 0 aliphatic carbocycles. The zero-order valence-corrected chi connectivity index (χ0v) is 9.32. The normalized spacial score (nSPS) is 15.4. The highest BCUT2D eigenvalue weighted by molar-refractivity contribution is 5.39. The first-order valence-corrected chi connectivity index (χ1v) is 5.59. The fourth-order valence-electron chi connectivity index (χ4n) is 1.91. The molecule has 0 saturated carbocycles. The minimum absolute atomic E-state index is 0.318. The molecule has 7 nitrogen and oxygen atoms in total. The Kier molecular flexibility index (Phi) is 2.36. The number of hydrogen-bond acceptors (Lipinski definition) is 6. The minimum atomic E-state index is 0.318. The molecule has 2 aromatic rings. The molecule has 0 amide bonds. The summed E-state index contributed by atoms with van der Waals surface area (Å²) in [7, 11) is 0. The molecule has 3 rings (SSSR count). The molecule has 1 aliphatic heterocycles. The van der Waals surface area contributed by atoms with Crippen LogP contribution in [-0.2, 0) is 0 Å². The van der Waals surface area contributed by atoms with Gasteiger partial charge in [0.25, 0.3) is 5.95 Å². The van der Waals surface area contributed by atoms with Crippen LogP contribution in [0.2, 0.25) is 0 Å². The number of nitrogens with zero attached hydrogens (tertiary/aromatic N) is 6. The van der Waals surface area contributed by atoms with E-state index in [0.717, 1.165) is 13.1 Å². The predicted molar refractivity (Wildman–Crippen MR) is 62.8 cm³/mol. The molecule has 0 aromatic carbocycles. The second-order valence-electron chi connectivity index (χ2n) is 3.92. The van der Waals surface area contributed by atoms with Crippen molar-refractivity contribution < 1.29 is 0 Å². The van der Waals surface area contributed by atoms with E-state index in [9.17, 15) is 0 Å². The first-order valence-electron chi connectivity index (χ1n) is 5.59. The Morgan fingerprint density at radius 3 is 2.47 bits per heavy atom. The van der Waals surface area contributed by atoms with E-state index >= 15 is 0 Å². The van der Waals surface area contributed by atoms with Gasteiger partial charge in [0.15, 0.2) is 0 Å². The highest BCUT2D eigenvalue weighted by atomic mass is 15.5. The Bertz CT molecular complexity index is 501. The molecule has 1 aliphatic rings. The van der Waals surface area contributed by atoms with Crippen molar-refractivity contribution in [2.24, 2.45) is 0 Å². The molecule has 0 unspecified atom stereocenters. The van der Waals surface area contributed by atoms with E-state index in [1.165, 1.54) is 17.5 Å². The molecule has 2 N–H and O–H groups in total. The number of hydrogen-bond donors (Lipinski definition) is 1. The fourth-order valence-corrected chi connectivity index (χ4v) is 1.91. The molecule has 0 spiro atoms. The lowest BCUT2D eigenvalue weighted by molar-refractivity contribution is 0.799. The third-order valence-corrected chi connectivity index (χ3v) is 2.75. The van der Waals surface area contributed by atoms with Crippen LogP contribution in [0.3, 0.4) is 0 Å². The van der Waals surface area contributed by atoms with Crippen LogP contribution in [0.1, 0.15) is 12.8 Å². The highest BCUT2D eigenvalue weighted by Gasteiger charge is 2.19. The van der Waals surface area contributed by atoms with Crippen LogP contribution < -0.4 is 10.6 Å². The molecule has 2 aromatic heterocycles. The first-order chi connectivity index (χ1) is 8.34. The van der Waals surface area contributed by atoms with Crippen molar-refractivity contribution in [2.45, 2.75) is 12.8 Å². The molecule has 3 heterocycles. The van der Waals surface area contributed by atoms with Crippen molar-refractivity contribution in [2.75, 3.05) is 23.7 Å². The third kappa shape index (κ3) is 1.79. The number of rotatable bonds is 2. The van der Waals surface area contributed by atoms with E-state index < -0.39 is 0 Å². The van der Waals surface area contributed by atoms with E-state index in [2.05, 4.69) is 25.0 Å². The monoisotopic (exact) mass is 231 g/mol. The van der Waals surface area contributed by atoms with Gasteiger partial charge in [-0.15, -0.1) is 5.10 Å². The Hall–Kier alpha value is -2.18. The maximum absolute atomic E-state index is 5.82. The van der Waals surface area contributed by atoms with Crippen LogP contribution in [0.4, 0.5) is 11.9 Å². The summed E-state index contributed by atoms with van der Waals surface area (Å²) < 4.78 is 1.47. The molecule has 1 saturated heterocycles. The smallest absolute Gasteiger partial charge is 0.253 e. The van der Waals surface area contributed by atoms with Gasteiger partial charge in [0.05, 0.1) is 0 Å². The molecule has 7 heteroatoms. The summed E-state index contributed by atoms with van der Waals surface area (Å²) in [4.78, 5) is 14.6. The summed E-state index contributed by atoms with van der Waals surface area (Å²) in [6.45, 7) is 1.97. The van der Waals surface area contributed by atoms with Gasteiger partial charge in [0.2, 0.25) is 11.9 Å². The number of nitrogens with two attached hydrogens (primary N) is 1. The molecule has 0 radical (unpaired) electrons. The summed E-state index contributed by atoms with van der Waals surface area (Å²) in [6.07, 6.45) is 5.66. The van der Waals surface area contributed by atoms with Crippen LogP contribution >= 0.6 is 0 Å². The lowest BCUT2D eigenvalue weighted by atomic mass is 10.4. The standard InChI is InChI=1S/C10H13N7/c11-8-14-10(16-6-1-2-7-16)15-17(8)9-12-4-3-5-13-9/h3-5H,1-2,6-7H2,(H2,11,14,15). The van der Waals surface area contributed by atoms with Crippen LogP contribution in [0.25, 0.3) is 5.95 Å². The number of aromatic nitrogens is 5. The quantitative estimate of drug-likeness (QED) is 0.796. The van der Waals surface area contributed by atoms with Gasteiger partial charge in [-0.25, -0.2) is 9.97 Å². The van der Waals surface area contributed by atoms with Gasteiger partial charge in [0.1, 0.15) is 0 Å². The zero-order valence-electron chi connectivity index (χ0n) is 9.32. The summed E-state index contributed by atoms with van der Waals surface area (Å²) >= 11 is 0. The molecular weight excluding hydrogens is 218 g/mol. The van der Waals surface area contributed by atoms with E-state index in [1.54, 1.807) is 18.5 Å². The molecule has 0 atom stereocenters. The van der Waals surface area contributed by atoms with Crippen LogP contribution in [-0.4, -0.2) is 37.8 Å². The minimum Gasteiger partial charge on any atom is -0.368 e. The summed E-state index contributed by atoms with van der Waals surface area (Å²) in [5.41, 5.74) is 5.82. The largest absolute Gasteiger partial charge is 0.368 e. The Balaban J connectivity index is 1.96. The van der Waals surface area contributed by atoms with Gasteiger partial charge >= 0.3 is 0 Å². The van der Waals surface area contributed by atoms with Gasteiger partial charge in [0, 0.05) is 25.5 Å². The van der Waals surface area contributed by atoms with E-state index in [-0.39, 0.29) is 0 Å². The SMILES string of the molecule is Nc1nc(N2CCCC2)nn1-c1ncccn1. The maximum Gasteiger partial charge on any atom is 0.253 e. The summed E-state index contributed by atoms with van der Waals surface area (Å²) in [5, 5.41) is 4.34. The van der Waals surface area contributed by atoms with Crippen LogP contribution in [0, 0.1) is 0 Å². The van der Waals surface area contributed by atoms with E-state index in [4.69, 9.17) is 5.73 Å². The van der Waals surface area contributed by atoms with Gasteiger partial charge in [-0.1, -0.05) is 0 Å². The van der Waals surface area contributed by atoms with Crippen molar-refractivity contribution in [3.8, 4) is 5.95 Å². The van der Waals surface area contributed by atoms with E-state index in [0.29, 0.717) is 17.8 Å². The topological polar surface area (TPSA) is 85.8 Å². The van der Waals surface area contributed by atoms with Gasteiger partial charge < -0.3 is 10.6 Å². The van der Waals surface area contributed by atoms with Gasteiger partial charge in [-0.05, 0) is 18.9 Å². The lowest BCUT2D eigenvalue weighted by Crippen LogP contribution is -2.19. The average molecular weight is 231 g/mol. The second-order valence-corrected chi connectivity index (χ2v) is 3.92. The summed E-state index contributed by atoms with van der Waals surface area (Å²) in [6, 6.07) is 1.75. The van der Waals surface area contributed by atoms with Gasteiger partial charge in [-0.3, -0.25) is 0 Å². The zero-order chi connectivity index (χ0) is 11.7.